The summed E-state index contributed by atoms with van der Waals surface area (Å²) in [5, 5.41) is 3.03. The van der Waals surface area contributed by atoms with Crippen LogP contribution >= 0.6 is 0 Å². The minimum Gasteiger partial charge on any atom is -0.349 e. The van der Waals surface area contributed by atoms with Crippen molar-refractivity contribution in [3.8, 4) is 0 Å². The molecule has 1 unspecified atom stereocenters. The molecule has 4 nitrogen and oxygen atoms in total. The largest absolute Gasteiger partial charge is 0.349 e. The monoisotopic (exact) mass is 386 g/mol. The molecule has 0 aliphatic carbocycles. The van der Waals surface area contributed by atoms with E-state index in [2.05, 4.69) is 17.0 Å². The Morgan fingerprint density at radius 2 is 1.63 bits per heavy atom. The fraction of sp³-hybridized carbons (Fsp3) is 0.409. The summed E-state index contributed by atoms with van der Waals surface area (Å²) >= 11 is 0. The first-order chi connectivity index (χ1) is 12.7. The fourth-order valence-electron chi connectivity index (χ4n) is 2.76. The molecule has 3 atom stereocenters. The molecule has 27 heavy (non-hydrogen) atoms. The van der Waals surface area contributed by atoms with E-state index in [0.29, 0.717) is 4.90 Å². The Hall–Kier alpha value is -1.98. The molecule has 0 saturated heterocycles. The highest BCUT2D eigenvalue weighted by Gasteiger charge is 2.25. The van der Waals surface area contributed by atoms with E-state index in [0.717, 1.165) is 17.5 Å². The standard InChI is InChI=1S/C22H30N2O2S/c1-6-19(17-12-8-7-9-13-17)24-27(26)20-15-11-10-14-18(20)16(2)23-21(25)22(3,4)5/h7-16,19,24H,6H2,1-5H3,(H,23,25)/t16-,19+,27?/m1/s1. The zero-order valence-corrected chi connectivity index (χ0v) is 17.6. The van der Waals surface area contributed by atoms with Crippen molar-refractivity contribution >= 4 is 16.9 Å². The molecule has 0 aromatic heterocycles. The number of nitrogens with one attached hydrogen (secondary N) is 2. The molecule has 2 N–H and O–H groups in total. The molecular formula is C22H30N2O2S. The lowest BCUT2D eigenvalue weighted by molar-refractivity contribution is -0.129. The summed E-state index contributed by atoms with van der Waals surface area (Å²) in [6.07, 6.45) is 0.828. The van der Waals surface area contributed by atoms with Gasteiger partial charge in [-0.1, -0.05) is 76.2 Å². The van der Waals surface area contributed by atoms with Crippen LogP contribution in [0.4, 0.5) is 0 Å². The number of carbonyl (C=O) groups is 1. The van der Waals surface area contributed by atoms with E-state index in [1.165, 1.54) is 0 Å². The zero-order chi connectivity index (χ0) is 20.0. The Morgan fingerprint density at radius 3 is 2.22 bits per heavy atom. The maximum atomic E-state index is 13.1. The van der Waals surface area contributed by atoms with Gasteiger partial charge in [0.15, 0.2) is 0 Å². The second-order valence-corrected chi connectivity index (χ2v) is 8.95. The van der Waals surface area contributed by atoms with Gasteiger partial charge in [-0.15, -0.1) is 0 Å². The second-order valence-electron chi connectivity index (χ2n) is 7.74. The first kappa shape index (κ1) is 21.3. The third kappa shape index (κ3) is 5.75. The zero-order valence-electron chi connectivity index (χ0n) is 16.8. The molecule has 0 heterocycles. The first-order valence-corrected chi connectivity index (χ1v) is 10.5. The number of amides is 1. The number of hydrogen-bond acceptors (Lipinski definition) is 2. The molecule has 2 aromatic rings. The van der Waals surface area contributed by atoms with Crippen LogP contribution in [-0.2, 0) is 15.8 Å². The van der Waals surface area contributed by atoms with Crippen molar-refractivity contribution in [2.24, 2.45) is 5.41 Å². The summed E-state index contributed by atoms with van der Waals surface area (Å²) in [5.41, 5.74) is 1.50. The predicted octanol–water partition coefficient (Wildman–Crippen LogP) is 4.67. The first-order valence-electron chi connectivity index (χ1n) is 9.36. The van der Waals surface area contributed by atoms with E-state index in [4.69, 9.17) is 0 Å². The summed E-state index contributed by atoms with van der Waals surface area (Å²) in [6.45, 7) is 9.64. The SMILES string of the molecule is CC[C@H](NS(=O)c1ccccc1[C@@H](C)NC(=O)C(C)(C)C)c1ccccc1. The minimum atomic E-state index is -1.38. The third-order valence-electron chi connectivity index (χ3n) is 4.47. The van der Waals surface area contributed by atoms with Gasteiger partial charge in [0.2, 0.25) is 5.91 Å². The Balaban J connectivity index is 2.21. The second kappa shape index (κ2) is 9.29. The van der Waals surface area contributed by atoms with Gasteiger partial charge in [-0.2, -0.15) is 0 Å². The Kier molecular flexibility index (Phi) is 7.33. The lowest BCUT2D eigenvalue weighted by Crippen LogP contribution is -2.37. The highest BCUT2D eigenvalue weighted by Crippen LogP contribution is 2.25. The van der Waals surface area contributed by atoms with E-state index in [1.807, 2.05) is 82.3 Å². The summed E-state index contributed by atoms with van der Waals surface area (Å²) in [4.78, 5) is 13.0. The van der Waals surface area contributed by atoms with Crippen molar-refractivity contribution in [1.82, 2.24) is 10.0 Å². The number of rotatable bonds is 7. The van der Waals surface area contributed by atoms with Crippen LogP contribution in [-0.4, -0.2) is 10.1 Å². The number of carbonyl (C=O) groups excluding carboxylic acids is 1. The summed E-state index contributed by atoms with van der Waals surface area (Å²) < 4.78 is 16.3. The molecule has 5 heteroatoms. The van der Waals surface area contributed by atoms with Crippen LogP contribution in [0, 0.1) is 5.41 Å². The maximum Gasteiger partial charge on any atom is 0.225 e. The van der Waals surface area contributed by atoms with Gasteiger partial charge >= 0.3 is 0 Å². The average Bonchev–Trinajstić information content (AvgIpc) is 2.65. The minimum absolute atomic E-state index is 0.000406. The predicted molar refractivity (Wildman–Crippen MR) is 111 cm³/mol. The van der Waals surface area contributed by atoms with Crippen molar-refractivity contribution in [3.05, 3.63) is 65.7 Å². The van der Waals surface area contributed by atoms with E-state index < -0.39 is 16.4 Å². The van der Waals surface area contributed by atoms with Crippen molar-refractivity contribution in [3.63, 3.8) is 0 Å². The van der Waals surface area contributed by atoms with Gasteiger partial charge in [-0.05, 0) is 30.5 Å². The van der Waals surface area contributed by atoms with E-state index >= 15 is 0 Å². The molecule has 0 bridgehead atoms. The topological polar surface area (TPSA) is 58.2 Å². The van der Waals surface area contributed by atoms with Gasteiger partial charge in [-0.3, -0.25) is 4.79 Å². The van der Waals surface area contributed by atoms with E-state index in [-0.39, 0.29) is 18.0 Å². The van der Waals surface area contributed by atoms with Crippen molar-refractivity contribution in [2.45, 2.75) is 58.0 Å². The molecular weight excluding hydrogens is 356 g/mol. The van der Waals surface area contributed by atoms with Gasteiger partial charge in [0.1, 0.15) is 11.0 Å². The van der Waals surface area contributed by atoms with Crippen LogP contribution in [0.15, 0.2) is 59.5 Å². The molecule has 0 spiro atoms. The molecule has 146 valence electrons. The molecule has 1 amide bonds. The van der Waals surface area contributed by atoms with Crippen LogP contribution in [0.25, 0.3) is 0 Å². The van der Waals surface area contributed by atoms with Gasteiger partial charge in [0.25, 0.3) is 0 Å². The van der Waals surface area contributed by atoms with E-state index in [9.17, 15) is 9.00 Å². The summed E-state index contributed by atoms with van der Waals surface area (Å²) in [5.74, 6) is -0.0285. The lowest BCUT2D eigenvalue weighted by Gasteiger charge is -2.24. The van der Waals surface area contributed by atoms with Gasteiger partial charge in [0, 0.05) is 11.5 Å². The molecule has 0 fully saturated rings. The van der Waals surface area contributed by atoms with Gasteiger partial charge in [-0.25, -0.2) is 8.93 Å². The average molecular weight is 387 g/mol. The Bertz CT molecular complexity index is 784. The van der Waals surface area contributed by atoms with Crippen LogP contribution < -0.4 is 10.0 Å². The third-order valence-corrected chi connectivity index (χ3v) is 5.74. The fourth-order valence-corrected chi connectivity index (χ4v) is 4.11. The smallest absolute Gasteiger partial charge is 0.225 e. The van der Waals surface area contributed by atoms with Crippen molar-refractivity contribution in [2.75, 3.05) is 0 Å². The molecule has 0 aliphatic heterocycles. The molecule has 0 aliphatic rings. The summed E-state index contributed by atoms with van der Waals surface area (Å²) in [6, 6.07) is 17.4. The van der Waals surface area contributed by atoms with Crippen LogP contribution in [0.3, 0.4) is 0 Å². The normalized spacial score (nSPS) is 15.0. The molecule has 0 radical (unpaired) electrons. The molecule has 0 saturated carbocycles. The molecule has 2 rings (SSSR count). The van der Waals surface area contributed by atoms with E-state index in [1.54, 1.807) is 0 Å². The van der Waals surface area contributed by atoms with Crippen LogP contribution in [0.1, 0.15) is 64.3 Å². The van der Waals surface area contributed by atoms with Gasteiger partial charge in [0.05, 0.1) is 10.9 Å². The van der Waals surface area contributed by atoms with Gasteiger partial charge < -0.3 is 5.32 Å². The molecule has 2 aromatic carbocycles. The Morgan fingerprint density at radius 1 is 1.04 bits per heavy atom. The quantitative estimate of drug-likeness (QED) is 0.726. The van der Waals surface area contributed by atoms with Crippen LogP contribution in [0.2, 0.25) is 0 Å². The van der Waals surface area contributed by atoms with Crippen molar-refractivity contribution < 1.29 is 9.00 Å². The maximum absolute atomic E-state index is 13.1. The number of benzene rings is 2. The number of hydrogen-bond donors (Lipinski definition) is 2. The highest BCUT2D eigenvalue weighted by molar-refractivity contribution is 7.83. The van der Waals surface area contributed by atoms with Crippen LogP contribution in [0.5, 0.6) is 0 Å². The van der Waals surface area contributed by atoms with Crippen molar-refractivity contribution in [1.29, 1.82) is 0 Å². The Labute approximate surface area is 165 Å². The summed E-state index contributed by atoms with van der Waals surface area (Å²) in [7, 11) is -1.38. The highest BCUT2D eigenvalue weighted by atomic mass is 32.2. The lowest BCUT2D eigenvalue weighted by atomic mass is 9.94.